The third kappa shape index (κ3) is 4.96. The van der Waals surface area contributed by atoms with E-state index in [9.17, 15) is 0 Å². The van der Waals surface area contributed by atoms with Crippen molar-refractivity contribution in [2.75, 3.05) is 0 Å². The van der Waals surface area contributed by atoms with E-state index in [1.54, 1.807) is 0 Å². The second kappa shape index (κ2) is 12.9. The highest BCUT2D eigenvalue weighted by molar-refractivity contribution is 5.94. The highest BCUT2D eigenvalue weighted by Gasteiger charge is 2.49. The fourth-order valence-electron chi connectivity index (χ4n) is 8.74. The first-order valence-electron chi connectivity index (χ1n) is 18.9. The summed E-state index contributed by atoms with van der Waals surface area (Å²) in [6, 6.07) is 70.4. The Balaban J connectivity index is 1.19. The smallest absolute Gasteiger partial charge is 0.164 e. The molecule has 2 aliphatic rings. The highest BCUT2D eigenvalue weighted by Crippen LogP contribution is 2.61. The van der Waals surface area contributed by atoms with Gasteiger partial charge in [-0.3, -0.25) is 0 Å². The van der Waals surface area contributed by atoms with Gasteiger partial charge >= 0.3 is 0 Å². The first-order valence-corrected chi connectivity index (χ1v) is 18.9. The molecule has 0 fully saturated rings. The van der Waals surface area contributed by atoms with Crippen LogP contribution in [0.4, 0.5) is 0 Å². The van der Waals surface area contributed by atoms with E-state index in [0.29, 0.717) is 17.5 Å². The number of nitrogens with zero attached hydrogens (tertiary/aromatic N) is 3. The Bertz CT molecular complexity index is 2890. The van der Waals surface area contributed by atoms with Gasteiger partial charge in [-0.1, -0.05) is 182 Å². The standard InChI is InChI=1S/C52H33N3O/c1-3-15-34(16-4-1)35-27-29-37(30-28-35)50-53-49(36-17-5-2-6-18-36)54-51(55-50)38-31-32-42-40-20-8-7-19-39(40)41-21-9-10-22-43(41)52(46(42)33-38)44-23-11-13-25-47(44)56-48-26-14-12-24-45(48)52/h1-33H. The van der Waals surface area contributed by atoms with Gasteiger partial charge in [-0.2, -0.15) is 0 Å². The lowest BCUT2D eigenvalue weighted by Gasteiger charge is -2.42. The lowest BCUT2D eigenvalue weighted by Crippen LogP contribution is -2.34. The van der Waals surface area contributed by atoms with Gasteiger partial charge in [-0.25, -0.2) is 15.0 Å². The minimum Gasteiger partial charge on any atom is -0.457 e. The third-order valence-electron chi connectivity index (χ3n) is 11.2. The summed E-state index contributed by atoms with van der Waals surface area (Å²) < 4.78 is 6.70. The van der Waals surface area contributed by atoms with Crippen molar-refractivity contribution in [3.8, 4) is 79.0 Å². The molecule has 0 saturated carbocycles. The van der Waals surface area contributed by atoms with E-state index in [0.717, 1.165) is 56.0 Å². The van der Waals surface area contributed by atoms with Gasteiger partial charge in [0, 0.05) is 27.8 Å². The van der Waals surface area contributed by atoms with Crippen molar-refractivity contribution in [1.82, 2.24) is 15.0 Å². The lowest BCUT2D eigenvalue weighted by atomic mass is 9.62. The van der Waals surface area contributed by atoms with E-state index >= 15 is 0 Å². The van der Waals surface area contributed by atoms with Crippen molar-refractivity contribution in [3.05, 3.63) is 222 Å². The number of ether oxygens (including phenoxy) is 1. The SMILES string of the molecule is c1ccc(-c2ccc(-c3nc(-c4ccccc4)nc(-c4ccc5c(c4)C4(c6ccccc6Oc6ccccc64)c4ccccc4-c4ccccc4-5)n3)cc2)cc1. The molecule has 0 radical (unpaired) electrons. The molecule has 1 aromatic heterocycles. The number of aromatic nitrogens is 3. The summed E-state index contributed by atoms with van der Waals surface area (Å²) in [4.78, 5) is 15.5. The molecule has 11 rings (SSSR count). The van der Waals surface area contributed by atoms with Crippen molar-refractivity contribution < 1.29 is 4.74 Å². The fraction of sp³-hybridized carbons (Fsp3) is 0.0192. The average molecular weight is 716 g/mol. The Hall–Kier alpha value is -7.43. The summed E-state index contributed by atoms with van der Waals surface area (Å²) >= 11 is 0. The molecule has 0 bridgehead atoms. The first-order chi connectivity index (χ1) is 27.8. The summed E-state index contributed by atoms with van der Waals surface area (Å²) in [5.74, 6) is 3.54. The maximum Gasteiger partial charge on any atom is 0.164 e. The molecule has 1 aliphatic carbocycles. The van der Waals surface area contributed by atoms with Crippen LogP contribution in [0.2, 0.25) is 0 Å². The molecule has 1 spiro atoms. The predicted molar refractivity (Wildman–Crippen MR) is 224 cm³/mol. The fourth-order valence-corrected chi connectivity index (χ4v) is 8.74. The van der Waals surface area contributed by atoms with Crippen molar-refractivity contribution >= 4 is 0 Å². The van der Waals surface area contributed by atoms with Crippen LogP contribution in [0.25, 0.3) is 67.5 Å². The Labute approximate surface area is 325 Å². The minimum atomic E-state index is -0.724. The number of rotatable bonds is 4. The first kappa shape index (κ1) is 32.0. The topological polar surface area (TPSA) is 47.9 Å². The number of benzene rings is 8. The van der Waals surface area contributed by atoms with Crippen LogP contribution in [-0.4, -0.2) is 15.0 Å². The van der Waals surface area contributed by atoms with Crippen LogP contribution < -0.4 is 4.74 Å². The van der Waals surface area contributed by atoms with E-state index in [1.165, 1.54) is 27.8 Å². The molecule has 0 N–H and O–H groups in total. The van der Waals surface area contributed by atoms with Gasteiger partial charge in [-0.15, -0.1) is 0 Å². The molecule has 4 heteroatoms. The van der Waals surface area contributed by atoms with Crippen LogP contribution in [-0.2, 0) is 5.41 Å². The minimum absolute atomic E-state index is 0.610. The molecule has 262 valence electrons. The summed E-state index contributed by atoms with van der Waals surface area (Å²) in [5, 5.41) is 0. The normalized spacial score (nSPS) is 12.9. The van der Waals surface area contributed by atoms with Crippen LogP contribution >= 0.6 is 0 Å². The molecule has 0 saturated heterocycles. The van der Waals surface area contributed by atoms with Crippen LogP contribution in [0.1, 0.15) is 22.3 Å². The van der Waals surface area contributed by atoms with E-state index in [4.69, 9.17) is 19.7 Å². The Kier molecular flexibility index (Phi) is 7.36. The maximum atomic E-state index is 6.70. The average Bonchev–Trinajstić information content (AvgIpc) is 3.38. The summed E-state index contributed by atoms with van der Waals surface area (Å²) in [7, 11) is 0. The molecular formula is C52H33N3O. The lowest BCUT2D eigenvalue weighted by molar-refractivity contribution is 0.435. The van der Waals surface area contributed by atoms with Gasteiger partial charge in [0.2, 0.25) is 0 Å². The van der Waals surface area contributed by atoms with Crippen LogP contribution in [0, 0.1) is 0 Å². The monoisotopic (exact) mass is 715 g/mol. The summed E-state index contributed by atoms with van der Waals surface area (Å²) in [6.07, 6.45) is 0. The largest absolute Gasteiger partial charge is 0.457 e. The molecule has 1 aliphatic heterocycles. The number of fused-ring (bicyclic) bond motifs is 11. The van der Waals surface area contributed by atoms with Crippen LogP contribution in [0.3, 0.4) is 0 Å². The van der Waals surface area contributed by atoms with Crippen LogP contribution in [0.15, 0.2) is 200 Å². The van der Waals surface area contributed by atoms with Crippen molar-refractivity contribution in [2.45, 2.75) is 5.41 Å². The maximum absolute atomic E-state index is 6.70. The van der Waals surface area contributed by atoms with E-state index in [-0.39, 0.29) is 0 Å². The quantitative estimate of drug-likeness (QED) is 0.182. The van der Waals surface area contributed by atoms with Gasteiger partial charge in [-0.05, 0) is 62.7 Å². The van der Waals surface area contributed by atoms with Gasteiger partial charge in [0.25, 0.3) is 0 Å². The Morgan fingerprint density at radius 1 is 0.286 bits per heavy atom. The predicted octanol–water partition coefficient (Wildman–Crippen LogP) is 12.7. The van der Waals surface area contributed by atoms with E-state index < -0.39 is 5.41 Å². The zero-order valence-electron chi connectivity index (χ0n) is 30.3. The van der Waals surface area contributed by atoms with Crippen LogP contribution in [0.5, 0.6) is 11.5 Å². The number of para-hydroxylation sites is 2. The zero-order chi connectivity index (χ0) is 37.1. The molecule has 0 atom stereocenters. The highest BCUT2D eigenvalue weighted by atomic mass is 16.5. The third-order valence-corrected chi connectivity index (χ3v) is 11.2. The Morgan fingerprint density at radius 2 is 0.679 bits per heavy atom. The molecule has 8 aromatic carbocycles. The van der Waals surface area contributed by atoms with E-state index in [2.05, 4.69) is 176 Å². The molecule has 9 aromatic rings. The van der Waals surface area contributed by atoms with Crippen molar-refractivity contribution in [3.63, 3.8) is 0 Å². The van der Waals surface area contributed by atoms with Gasteiger partial charge in [0.15, 0.2) is 17.5 Å². The van der Waals surface area contributed by atoms with Crippen molar-refractivity contribution in [2.24, 2.45) is 0 Å². The molecule has 4 nitrogen and oxygen atoms in total. The number of hydrogen-bond donors (Lipinski definition) is 0. The van der Waals surface area contributed by atoms with Gasteiger partial charge in [0.1, 0.15) is 11.5 Å². The molecule has 2 heterocycles. The zero-order valence-corrected chi connectivity index (χ0v) is 30.3. The second-order valence-electron chi connectivity index (χ2n) is 14.3. The molecular weight excluding hydrogens is 683 g/mol. The summed E-state index contributed by atoms with van der Waals surface area (Å²) in [6.45, 7) is 0. The second-order valence-corrected chi connectivity index (χ2v) is 14.3. The van der Waals surface area contributed by atoms with Gasteiger partial charge in [0.05, 0.1) is 5.41 Å². The van der Waals surface area contributed by atoms with E-state index in [1.807, 2.05) is 24.3 Å². The summed E-state index contributed by atoms with van der Waals surface area (Å²) in [5.41, 5.74) is 13.6. The van der Waals surface area contributed by atoms with Crippen molar-refractivity contribution in [1.29, 1.82) is 0 Å². The molecule has 0 amide bonds. The van der Waals surface area contributed by atoms with Gasteiger partial charge < -0.3 is 4.74 Å². The number of hydrogen-bond acceptors (Lipinski definition) is 4. The Morgan fingerprint density at radius 3 is 1.29 bits per heavy atom. The molecule has 56 heavy (non-hydrogen) atoms. The molecule has 0 unspecified atom stereocenters.